The lowest BCUT2D eigenvalue weighted by atomic mass is 10.0. The van der Waals surface area contributed by atoms with Crippen molar-refractivity contribution in [2.45, 2.75) is 25.6 Å². The number of ether oxygens (including phenoxy) is 1. The van der Waals surface area contributed by atoms with Crippen molar-refractivity contribution in [3.05, 3.63) is 35.4 Å². The van der Waals surface area contributed by atoms with Gasteiger partial charge in [-0.1, -0.05) is 0 Å². The van der Waals surface area contributed by atoms with Crippen LogP contribution < -0.4 is 0 Å². The molecule has 1 N–H and O–H groups in total. The summed E-state index contributed by atoms with van der Waals surface area (Å²) in [5.74, 6) is -1.86. The third kappa shape index (κ3) is 4.06. The van der Waals surface area contributed by atoms with Crippen molar-refractivity contribution < 1.29 is 23.4 Å². The van der Waals surface area contributed by atoms with Gasteiger partial charge in [-0.05, 0) is 32.0 Å². The smallest absolute Gasteiger partial charge is 0.179 e. The lowest BCUT2D eigenvalue weighted by Crippen LogP contribution is -2.54. The zero-order valence-electron chi connectivity index (χ0n) is 12.1. The molecule has 1 heterocycles. The third-order valence-corrected chi connectivity index (χ3v) is 3.35. The van der Waals surface area contributed by atoms with E-state index in [4.69, 9.17) is 4.74 Å². The van der Waals surface area contributed by atoms with E-state index in [1.807, 2.05) is 13.8 Å². The molecule has 1 aromatic carbocycles. The molecule has 21 heavy (non-hydrogen) atoms. The van der Waals surface area contributed by atoms with Crippen molar-refractivity contribution >= 4 is 5.78 Å². The highest BCUT2D eigenvalue weighted by Crippen LogP contribution is 2.21. The minimum atomic E-state index is -0.729. The van der Waals surface area contributed by atoms with E-state index in [1.165, 1.54) is 0 Å². The molecule has 0 aliphatic carbocycles. The fourth-order valence-electron chi connectivity index (χ4n) is 2.63. The number of ketones is 1. The second-order valence-corrected chi connectivity index (χ2v) is 5.90. The van der Waals surface area contributed by atoms with E-state index in [0.29, 0.717) is 13.1 Å². The van der Waals surface area contributed by atoms with Crippen LogP contribution in [-0.4, -0.2) is 53.7 Å². The number of rotatable bonds is 4. The Morgan fingerprint density at radius 3 is 2.86 bits per heavy atom. The van der Waals surface area contributed by atoms with Crippen molar-refractivity contribution in [3.63, 3.8) is 0 Å². The Morgan fingerprint density at radius 1 is 1.48 bits per heavy atom. The number of hydrogen-bond acceptors (Lipinski definition) is 4. The highest BCUT2D eigenvalue weighted by atomic mass is 19.1. The summed E-state index contributed by atoms with van der Waals surface area (Å²) in [6, 6.07) is 2.83. The molecule has 1 aromatic rings. The fraction of sp³-hybridized carbons (Fsp3) is 0.533. The number of nitrogens with zero attached hydrogens (tertiary/aromatic N) is 1. The minimum absolute atomic E-state index is 0.0380. The molecule has 6 heteroatoms. The van der Waals surface area contributed by atoms with Crippen LogP contribution in [0.2, 0.25) is 0 Å². The predicted octanol–water partition coefficient (Wildman–Crippen LogP) is 1.62. The fourth-order valence-corrected chi connectivity index (χ4v) is 2.63. The highest BCUT2D eigenvalue weighted by Gasteiger charge is 2.34. The molecule has 0 spiro atoms. The zero-order valence-corrected chi connectivity index (χ0v) is 12.1. The molecule has 4 nitrogen and oxygen atoms in total. The molecule has 0 bridgehead atoms. The van der Waals surface area contributed by atoms with Gasteiger partial charge >= 0.3 is 0 Å². The number of aliphatic hydroxyl groups is 1. The van der Waals surface area contributed by atoms with Gasteiger partial charge in [0.05, 0.1) is 30.4 Å². The van der Waals surface area contributed by atoms with E-state index in [-0.39, 0.29) is 24.8 Å². The Labute approximate surface area is 122 Å². The molecule has 1 unspecified atom stereocenters. The molecule has 1 atom stereocenters. The second-order valence-electron chi connectivity index (χ2n) is 5.90. The molecule has 1 aliphatic heterocycles. The number of benzene rings is 1. The number of carbonyl (C=O) groups excluding carboxylic acids is 1. The van der Waals surface area contributed by atoms with E-state index in [1.54, 1.807) is 4.90 Å². The Morgan fingerprint density at radius 2 is 2.19 bits per heavy atom. The van der Waals surface area contributed by atoms with Crippen LogP contribution in [0.15, 0.2) is 18.2 Å². The molecule has 0 saturated carbocycles. The lowest BCUT2D eigenvalue weighted by Gasteiger charge is -2.42. The molecular weight excluding hydrogens is 280 g/mol. The van der Waals surface area contributed by atoms with Crippen LogP contribution in [0.1, 0.15) is 24.2 Å². The first kappa shape index (κ1) is 16.0. The van der Waals surface area contributed by atoms with Gasteiger partial charge in [-0.2, -0.15) is 0 Å². The highest BCUT2D eigenvalue weighted by molar-refractivity contribution is 5.97. The molecule has 116 valence electrons. The summed E-state index contributed by atoms with van der Waals surface area (Å²) in [7, 11) is 0. The Bertz CT molecular complexity index is 534. The quantitative estimate of drug-likeness (QED) is 0.858. The molecule has 0 aromatic heterocycles. The van der Waals surface area contributed by atoms with Gasteiger partial charge in [0.15, 0.2) is 5.78 Å². The van der Waals surface area contributed by atoms with Crippen LogP contribution in [0.25, 0.3) is 0 Å². The molecule has 1 saturated heterocycles. The van der Waals surface area contributed by atoms with Crippen LogP contribution in [0.4, 0.5) is 8.78 Å². The van der Waals surface area contributed by atoms with E-state index in [0.717, 1.165) is 18.2 Å². The number of Topliss-reactive ketones (excluding diaryl/α,β-unsaturated/α-hetero) is 1. The first-order valence-electron chi connectivity index (χ1n) is 6.80. The largest absolute Gasteiger partial charge is 0.394 e. The topological polar surface area (TPSA) is 49.8 Å². The molecule has 0 radical (unpaired) electrons. The maximum Gasteiger partial charge on any atom is 0.179 e. The Hall–Kier alpha value is -1.37. The molecular formula is C15H19F2NO3. The summed E-state index contributed by atoms with van der Waals surface area (Å²) < 4.78 is 32.4. The van der Waals surface area contributed by atoms with E-state index < -0.39 is 23.0 Å². The maximum absolute atomic E-state index is 13.6. The van der Waals surface area contributed by atoms with Gasteiger partial charge < -0.3 is 9.84 Å². The number of hydrogen-bond donors (Lipinski definition) is 1. The van der Waals surface area contributed by atoms with E-state index in [2.05, 4.69) is 0 Å². The second kappa shape index (κ2) is 6.17. The number of halogens is 2. The average Bonchev–Trinajstić information content (AvgIpc) is 2.39. The first-order valence-corrected chi connectivity index (χ1v) is 6.80. The van der Waals surface area contributed by atoms with Gasteiger partial charge in [0.2, 0.25) is 0 Å². The van der Waals surface area contributed by atoms with Crippen molar-refractivity contribution in [1.29, 1.82) is 0 Å². The lowest BCUT2D eigenvalue weighted by molar-refractivity contribution is -0.146. The summed E-state index contributed by atoms with van der Waals surface area (Å²) in [4.78, 5) is 13.9. The maximum atomic E-state index is 13.6. The van der Waals surface area contributed by atoms with Crippen molar-refractivity contribution in [1.82, 2.24) is 4.90 Å². The van der Waals surface area contributed by atoms with Crippen LogP contribution in [0.3, 0.4) is 0 Å². The Balaban J connectivity index is 2.10. The van der Waals surface area contributed by atoms with Crippen LogP contribution in [-0.2, 0) is 4.74 Å². The first-order chi connectivity index (χ1) is 9.80. The number of morpholine rings is 1. The van der Waals surface area contributed by atoms with Crippen LogP contribution >= 0.6 is 0 Å². The number of carbonyl (C=O) groups is 1. The van der Waals surface area contributed by atoms with Gasteiger partial charge in [-0.25, -0.2) is 8.78 Å². The Kier molecular flexibility index (Phi) is 4.70. The van der Waals surface area contributed by atoms with Crippen molar-refractivity contribution in [2.75, 3.05) is 26.2 Å². The summed E-state index contributed by atoms with van der Waals surface area (Å²) in [6.07, 6.45) is -0.390. The summed E-state index contributed by atoms with van der Waals surface area (Å²) >= 11 is 0. The van der Waals surface area contributed by atoms with Gasteiger partial charge in [-0.3, -0.25) is 9.69 Å². The SMILES string of the molecule is CC1(C)CN(CC(=O)c2cc(F)ccc2F)CC(CO)O1. The molecule has 1 aliphatic rings. The minimum Gasteiger partial charge on any atom is -0.394 e. The van der Waals surface area contributed by atoms with E-state index >= 15 is 0 Å². The summed E-state index contributed by atoms with van der Waals surface area (Å²) in [5.41, 5.74) is -0.758. The monoisotopic (exact) mass is 299 g/mol. The summed E-state index contributed by atoms with van der Waals surface area (Å²) in [5, 5.41) is 9.23. The van der Waals surface area contributed by atoms with Gasteiger partial charge in [0.25, 0.3) is 0 Å². The predicted molar refractivity (Wildman–Crippen MR) is 73.2 cm³/mol. The van der Waals surface area contributed by atoms with E-state index in [9.17, 15) is 18.7 Å². The average molecular weight is 299 g/mol. The third-order valence-electron chi connectivity index (χ3n) is 3.35. The van der Waals surface area contributed by atoms with Gasteiger partial charge in [0, 0.05) is 13.1 Å². The molecule has 0 amide bonds. The van der Waals surface area contributed by atoms with Crippen LogP contribution in [0, 0.1) is 11.6 Å². The van der Waals surface area contributed by atoms with Crippen molar-refractivity contribution in [3.8, 4) is 0 Å². The molecule has 1 fully saturated rings. The normalized spacial score (nSPS) is 22.2. The van der Waals surface area contributed by atoms with Crippen molar-refractivity contribution in [2.24, 2.45) is 0 Å². The standard InChI is InChI=1S/C15H19F2NO3/c1-15(2)9-18(6-11(8-19)21-15)7-14(20)12-5-10(16)3-4-13(12)17/h3-5,11,19H,6-9H2,1-2H3. The zero-order chi connectivity index (χ0) is 15.6. The molecule has 2 rings (SSSR count). The summed E-state index contributed by atoms with van der Waals surface area (Å²) in [6.45, 7) is 4.38. The number of aliphatic hydroxyl groups excluding tert-OH is 1. The van der Waals surface area contributed by atoms with Gasteiger partial charge in [0.1, 0.15) is 11.6 Å². The van der Waals surface area contributed by atoms with Crippen LogP contribution in [0.5, 0.6) is 0 Å². The van der Waals surface area contributed by atoms with Gasteiger partial charge in [-0.15, -0.1) is 0 Å².